The molecule has 1 aromatic heterocycles. The van der Waals surface area contributed by atoms with Gasteiger partial charge in [0.2, 0.25) is 12.7 Å². The Bertz CT molecular complexity index is 1200. The van der Waals surface area contributed by atoms with Gasteiger partial charge in [-0.2, -0.15) is 0 Å². The maximum atomic E-state index is 13.9. The second-order valence-corrected chi connectivity index (χ2v) is 9.62. The molecule has 0 N–H and O–H groups in total. The molecule has 2 saturated heterocycles. The number of carbonyl (C=O) groups is 1. The van der Waals surface area contributed by atoms with Crippen LogP contribution < -0.4 is 14.4 Å². The van der Waals surface area contributed by atoms with Crippen LogP contribution in [0.3, 0.4) is 0 Å². The molecule has 1 amide bonds. The maximum Gasteiger partial charge on any atom is 0.254 e. The van der Waals surface area contributed by atoms with E-state index in [2.05, 4.69) is 10.1 Å². The lowest BCUT2D eigenvalue weighted by atomic mass is 10.0. The number of aromatic nitrogens is 1. The highest BCUT2D eigenvalue weighted by molar-refractivity contribution is 5.95. The zero-order chi connectivity index (χ0) is 24.3. The number of amides is 1. The molecule has 4 heterocycles. The van der Waals surface area contributed by atoms with Crippen molar-refractivity contribution in [3.05, 3.63) is 59.7 Å². The average molecular weight is 490 g/mol. The van der Waals surface area contributed by atoms with E-state index in [9.17, 15) is 4.79 Å². The van der Waals surface area contributed by atoms with Crippen LogP contribution in [0.15, 0.2) is 53.1 Å². The van der Waals surface area contributed by atoms with Crippen molar-refractivity contribution in [2.75, 3.05) is 37.9 Å². The Hall–Kier alpha value is -3.52. The highest BCUT2D eigenvalue weighted by Crippen LogP contribution is 2.36. The number of piperidine rings is 1. The Balaban J connectivity index is 1.36. The molecule has 0 spiro atoms. The van der Waals surface area contributed by atoms with Crippen LogP contribution in [0.4, 0.5) is 5.88 Å². The maximum absolute atomic E-state index is 13.9. The van der Waals surface area contributed by atoms with Crippen molar-refractivity contribution in [2.45, 2.75) is 44.8 Å². The molecule has 8 heteroatoms. The molecular weight excluding hydrogens is 458 g/mol. The molecule has 0 radical (unpaired) electrons. The second kappa shape index (κ2) is 10.2. The van der Waals surface area contributed by atoms with Gasteiger partial charge in [0.05, 0.1) is 18.2 Å². The summed E-state index contributed by atoms with van der Waals surface area (Å²) in [5.41, 5.74) is 3.27. The van der Waals surface area contributed by atoms with Gasteiger partial charge in [0.1, 0.15) is 5.69 Å². The summed E-state index contributed by atoms with van der Waals surface area (Å²) in [5.74, 6) is 1.95. The van der Waals surface area contributed by atoms with E-state index in [1.807, 2.05) is 35.2 Å². The molecule has 6 rings (SSSR count). The van der Waals surface area contributed by atoms with Crippen molar-refractivity contribution in [3.63, 3.8) is 0 Å². The third-order valence-electron chi connectivity index (χ3n) is 7.16. The minimum absolute atomic E-state index is 0.0152. The predicted molar refractivity (Wildman–Crippen MR) is 134 cm³/mol. The molecule has 3 aliphatic rings. The van der Waals surface area contributed by atoms with E-state index in [4.69, 9.17) is 18.7 Å². The summed E-state index contributed by atoms with van der Waals surface area (Å²) in [5, 5.41) is 4.50. The molecule has 2 fully saturated rings. The molecule has 0 aliphatic carbocycles. The summed E-state index contributed by atoms with van der Waals surface area (Å²) >= 11 is 0. The smallest absolute Gasteiger partial charge is 0.254 e. The van der Waals surface area contributed by atoms with Gasteiger partial charge in [0.25, 0.3) is 5.91 Å². The molecule has 0 bridgehead atoms. The summed E-state index contributed by atoms with van der Waals surface area (Å²) in [6, 6.07) is 15.4. The molecule has 1 atom stereocenters. The van der Waals surface area contributed by atoms with E-state index in [0.29, 0.717) is 30.2 Å². The normalized spacial score (nSPS) is 19.0. The summed E-state index contributed by atoms with van der Waals surface area (Å²) in [6.45, 7) is 3.65. The van der Waals surface area contributed by atoms with Crippen LogP contribution in [-0.4, -0.2) is 55.1 Å². The number of rotatable bonds is 7. The molecule has 0 saturated carbocycles. The summed E-state index contributed by atoms with van der Waals surface area (Å²) in [7, 11) is 0. The first-order chi connectivity index (χ1) is 17.8. The Morgan fingerprint density at radius 2 is 1.83 bits per heavy atom. The first-order valence-corrected chi connectivity index (χ1v) is 12.9. The molecule has 3 aromatic rings. The van der Waals surface area contributed by atoms with Crippen LogP contribution in [0.5, 0.6) is 11.5 Å². The minimum Gasteiger partial charge on any atom is -0.454 e. The predicted octanol–water partition coefficient (Wildman–Crippen LogP) is 4.88. The van der Waals surface area contributed by atoms with Gasteiger partial charge >= 0.3 is 0 Å². The van der Waals surface area contributed by atoms with Crippen molar-refractivity contribution in [2.24, 2.45) is 0 Å². The quantitative estimate of drug-likeness (QED) is 0.468. The number of hydrogen-bond acceptors (Lipinski definition) is 7. The SMILES string of the molecule is O=C(c1ccc2c(c1)OCO2)N(Cc1c(-c2ccccc2)noc1N1CCCCC1)C[C@H]1CCCO1. The summed E-state index contributed by atoms with van der Waals surface area (Å²) in [4.78, 5) is 18.0. The average Bonchev–Trinajstić information content (AvgIpc) is 3.70. The molecule has 0 unspecified atom stereocenters. The highest BCUT2D eigenvalue weighted by atomic mass is 16.7. The van der Waals surface area contributed by atoms with Crippen LogP contribution >= 0.6 is 0 Å². The van der Waals surface area contributed by atoms with Crippen molar-refractivity contribution < 1.29 is 23.5 Å². The van der Waals surface area contributed by atoms with Gasteiger partial charge in [-0.1, -0.05) is 35.5 Å². The highest BCUT2D eigenvalue weighted by Gasteiger charge is 2.30. The Labute approximate surface area is 210 Å². The van der Waals surface area contributed by atoms with Gasteiger partial charge in [-0.25, -0.2) is 0 Å². The molecule has 188 valence electrons. The van der Waals surface area contributed by atoms with Crippen LogP contribution in [0.25, 0.3) is 11.3 Å². The molecule has 2 aromatic carbocycles. The van der Waals surface area contributed by atoms with Gasteiger partial charge in [-0.15, -0.1) is 0 Å². The first-order valence-electron chi connectivity index (χ1n) is 12.9. The second-order valence-electron chi connectivity index (χ2n) is 9.62. The van der Waals surface area contributed by atoms with Crippen LogP contribution in [0, 0.1) is 0 Å². The van der Waals surface area contributed by atoms with Crippen molar-refractivity contribution >= 4 is 11.8 Å². The topological polar surface area (TPSA) is 77.3 Å². The van der Waals surface area contributed by atoms with Gasteiger partial charge in [0, 0.05) is 37.4 Å². The Morgan fingerprint density at radius 1 is 1.00 bits per heavy atom. The third kappa shape index (κ3) is 4.65. The van der Waals surface area contributed by atoms with Crippen LogP contribution in [0.1, 0.15) is 48.0 Å². The van der Waals surface area contributed by atoms with E-state index in [-0.39, 0.29) is 18.8 Å². The van der Waals surface area contributed by atoms with Gasteiger partial charge in [0.15, 0.2) is 11.5 Å². The summed E-state index contributed by atoms with van der Waals surface area (Å²) < 4.78 is 22.9. The zero-order valence-corrected chi connectivity index (χ0v) is 20.4. The largest absolute Gasteiger partial charge is 0.454 e. The van der Waals surface area contributed by atoms with E-state index in [1.54, 1.807) is 18.2 Å². The van der Waals surface area contributed by atoms with Crippen molar-refractivity contribution in [3.8, 4) is 22.8 Å². The van der Waals surface area contributed by atoms with Crippen LogP contribution in [0.2, 0.25) is 0 Å². The Morgan fingerprint density at radius 3 is 2.64 bits per heavy atom. The fraction of sp³-hybridized carbons (Fsp3) is 0.429. The fourth-order valence-electron chi connectivity index (χ4n) is 5.27. The van der Waals surface area contributed by atoms with Crippen molar-refractivity contribution in [1.82, 2.24) is 10.1 Å². The monoisotopic (exact) mass is 489 g/mol. The van der Waals surface area contributed by atoms with E-state index in [1.165, 1.54) is 6.42 Å². The number of benzene rings is 2. The van der Waals surface area contributed by atoms with E-state index in [0.717, 1.165) is 68.1 Å². The van der Waals surface area contributed by atoms with Gasteiger partial charge < -0.3 is 28.5 Å². The Kier molecular flexibility index (Phi) is 6.51. The molecule has 3 aliphatic heterocycles. The van der Waals surface area contributed by atoms with Crippen LogP contribution in [-0.2, 0) is 11.3 Å². The third-order valence-corrected chi connectivity index (χ3v) is 7.16. The minimum atomic E-state index is -0.0754. The lowest BCUT2D eigenvalue weighted by Gasteiger charge is -2.29. The first kappa shape index (κ1) is 22.9. The standard InChI is InChI=1S/C28H31N3O5/c32-27(21-11-12-24-25(16-21)35-19-34-24)31(17-22-10-7-15-33-22)18-23-26(20-8-3-1-4-9-20)29-36-28(23)30-13-5-2-6-14-30/h1,3-4,8-9,11-12,16,22H,2,5-7,10,13-15,17-19H2/t22-/m1/s1. The molecule has 36 heavy (non-hydrogen) atoms. The van der Waals surface area contributed by atoms with E-state index < -0.39 is 0 Å². The lowest BCUT2D eigenvalue weighted by molar-refractivity contribution is 0.0507. The summed E-state index contributed by atoms with van der Waals surface area (Å²) in [6.07, 6.45) is 5.44. The lowest BCUT2D eigenvalue weighted by Crippen LogP contribution is -2.38. The molecular formula is C28H31N3O5. The zero-order valence-electron chi connectivity index (χ0n) is 20.4. The number of ether oxygens (including phenoxy) is 3. The van der Waals surface area contributed by atoms with Crippen molar-refractivity contribution in [1.29, 1.82) is 0 Å². The number of nitrogens with zero attached hydrogens (tertiary/aromatic N) is 3. The number of fused-ring (bicyclic) bond motifs is 1. The van der Waals surface area contributed by atoms with Gasteiger partial charge in [-0.05, 0) is 50.3 Å². The number of carbonyl (C=O) groups excluding carboxylic acids is 1. The van der Waals surface area contributed by atoms with Gasteiger partial charge in [-0.3, -0.25) is 4.79 Å². The molecule has 8 nitrogen and oxygen atoms in total. The fourth-order valence-corrected chi connectivity index (χ4v) is 5.27. The van der Waals surface area contributed by atoms with E-state index >= 15 is 0 Å². The number of hydrogen-bond donors (Lipinski definition) is 0. The number of anilines is 1.